The summed E-state index contributed by atoms with van der Waals surface area (Å²) in [7, 11) is 0. The van der Waals surface area contributed by atoms with E-state index in [4.69, 9.17) is 0 Å². The molecular formula is C23H24N2O4S. The molecule has 2 aliphatic heterocycles. The van der Waals surface area contributed by atoms with Gasteiger partial charge in [-0.25, -0.2) is 4.79 Å². The highest BCUT2D eigenvalue weighted by atomic mass is 32.1. The van der Waals surface area contributed by atoms with E-state index in [9.17, 15) is 19.5 Å². The molecule has 0 radical (unpaired) electrons. The summed E-state index contributed by atoms with van der Waals surface area (Å²) in [5, 5.41) is 15.6. The minimum atomic E-state index is -1.63. The number of hydrogen-bond acceptors (Lipinski definition) is 5. The molecule has 1 aromatic carbocycles. The third-order valence-electron chi connectivity index (χ3n) is 6.95. The molecule has 2 N–H and O–H groups in total. The van der Waals surface area contributed by atoms with Crippen molar-refractivity contribution in [2.75, 3.05) is 0 Å². The van der Waals surface area contributed by atoms with E-state index in [1.54, 1.807) is 24.3 Å². The van der Waals surface area contributed by atoms with Crippen LogP contribution in [-0.2, 0) is 19.9 Å². The number of hydrogen-bond donors (Lipinski definition) is 2. The molecule has 2 aromatic rings. The molecular weight excluding hydrogens is 400 g/mol. The highest BCUT2D eigenvalue weighted by molar-refractivity contribution is 7.10. The van der Waals surface area contributed by atoms with Gasteiger partial charge >= 0.3 is 5.97 Å². The molecule has 156 valence electrons. The van der Waals surface area contributed by atoms with Crippen LogP contribution in [0.4, 0.5) is 0 Å². The third kappa shape index (κ3) is 2.68. The van der Waals surface area contributed by atoms with Crippen molar-refractivity contribution >= 4 is 29.1 Å². The Morgan fingerprint density at radius 1 is 1.03 bits per heavy atom. The second-order valence-corrected chi connectivity index (χ2v) is 9.44. The molecule has 3 fully saturated rings. The Kier molecular flexibility index (Phi) is 4.75. The summed E-state index contributed by atoms with van der Waals surface area (Å²) in [6, 6.07) is 12.0. The van der Waals surface area contributed by atoms with Crippen molar-refractivity contribution in [3.05, 3.63) is 58.3 Å². The number of nitrogens with one attached hydrogen (secondary N) is 1. The van der Waals surface area contributed by atoms with Crippen molar-refractivity contribution in [1.82, 2.24) is 10.2 Å². The highest BCUT2D eigenvalue weighted by Gasteiger charge is 2.69. The van der Waals surface area contributed by atoms with Crippen molar-refractivity contribution in [3.8, 4) is 0 Å². The first-order valence-corrected chi connectivity index (χ1v) is 11.4. The molecule has 5 rings (SSSR count). The smallest absolute Gasteiger partial charge is 0.329 e. The number of carboxylic acid groups (broad SMARTS) is 1. The molecule has 2 amide bonds. The zero-order chi connectivity index (χ0) is 20.9. The Morgan fingerprint density at radius 3 is 2.40 bits per heavy atom. The van der Waals surface area contributed by atoms with Gasteiger partial charge < -0.3 is 5.11 Å². The molecule has 4 atom stereocenters. The Morgan fingerprint density at radius 2 is 1.77 bits per heavy atom. The quantitative estimate of drug-likeness (QED) is 0.736. The fraction of sp³-hybridized carbons (Fsp3) is 0.435. The lowest BCUT2D eigenvalue weighted by atomic mass is 9.75. The van der Waals surface area contributed by atoms with E-state index in [0.29, 0.717) is 5.56 Å². The van der Waals surface area contributed by atoms with E-state index in [0.717, 1.165) is 37.0 Å². The van der Waals surface area contributed by atoms with Crippen LogP contribution >= 0.6 is 11.3 Å². The van der Waals surface area contributed by atoms with Crippen molar-refractivity contribution in [3.63, 3.8) is 0 Å². The van der Waals surface area contributed by atoms with Crippen LogP contribution < -0.4 is 5.32 Å². The zero-order valence-electron chi connectivity index (χ0n) is 16.5. The predicted molar refractivity (Wildman–Crippen MR) is 112 cm³/mol. The Labute approximate surface area is 178 Å². The van der Waals surface area contributed by atoms with Gasteiger partial charge in [-0.2, -0.15) is 0 Å². The zero-order valence-corrected chi connectivity index (χ0v) is 17.3. The predicted octanol–water partition coefficient (Wildman–Crippen LogP) is 3.31. The van der Waals surface area contributed by atoms with Gasteiger partial charge in [0.25, 0.3) is 0 Å². The largest absolute Gasteiger partial charge is 0.480 e. The van der Waals surface area contributed by atoms with E-state index >= 15 is 0 Å². The fourth-order valence-electron chi connectivity index (χ4n) is 5.63. The van der Waals surface area contributed by atoms with Gasteiger partial charge in [-0.1, -0.05) is 55.7 Å². The number of carbonyl (C=O) groups is 3. The Hall–Kier alpha value is -2.51. The lowest BCUT2D eigenvalue weighted by molar-refractivity contribution is -0.153. The molecule has 4 unspecified atom stereocenters. The summed E-state index contributed by atoms with van der Waals surface area (Å²) < 4.78 is 0. The number of likely N-dealkylation sites (tertiary alicyclic amines) is 1. The van der Waals surface area contributed by atoms with Gasteiger partial charge in [0.15, 0.2) is 5.54 Å². The molecule has 3 heterocycles. The molecule has 7 heteroatoms. The number of amides is 2. The van der Waals surface area contributed by atoms with Gasteiger partial charge in [-0.3, -0.25) is 19.8 Å². The van der Waals surface area contributed by atoms with Crippen LogP contribution in [0, 0.1) is 11.8 Å². The molecule has 30 heavy (non-hydrogen) atoms. The minimum absolute atomic E-state index is 0.115. The Bertz CT molecular complexity index is 970. The van der Waals surface area contributed by atoms with Gasteiger partial charge in [0.2, 0.25) is 11.8 Å². The average Bonchev–Trinajstić information content (AvgIpc) is 3.46. The van der Waals surface area contributed by atoms with Crippen molar-refractivity contribution in [2.45, 2.75) is 49.7 Å². The lowest BCUT2D eigenvalue weighted by Gasteiger charge is -2.34. The van der Waals surface area contributed by atoms with E-state index in [-0.39, 0.29) is 17.9 Å². The van der Waals surface area contributed by atoms with Gasteiger partial charge in [0, 0.05) is 10.9 Å². The monoisotopic (exact) mass is 424 g/mol. The SMILES string of the molecule is O=C1C2C(c3cccs3)NC(C(=O)O)(c3ccccc3)C2C(=O)N1C1CCCCC1. The molecule has 6 nitrogen and oxygen atoms in total. The van der Waals surface area contributed by atoms with Gasteiger partial charge in [0.05, 0.1) is 17.9 Å². The molecule has 1 aliphatic carbocycles. The van der Waals surface area contributed by atoms with Gasteiger partial charge in [-0.15, -0.1) is 11.3 Å². The second kappa shape index (κ2) is 7.32. The minimum Gasteiger partial charge on any atom is -0.480 e. The van der Waals surface area contributed by atoms with Crippen LogP contribution in [0.15, 0.2) is 47.8 Å². The molecule has 2 saturated heterocycles. The molecule has 1 aromatic heterocycles. The van der Waals surface area contributed by atoms with E-state index in [1.807, 2.05) is 23.6 Å². The van der Waals surface area contributed by atoms with Crippen LogP contribution in [-0.4, -0.2) is 33.8 Å². The number of nitrogens with zero attached hydrogens (tertiary/aromatic N) is 1. The number of rotatable bonds is 4. The average molecular weight is 425 g/mol. The third-order valence-corrected chi connectivity index (χ3v) is 7.91. The number of benzene rings is 1. The van der Waals surface area contributed by atoms with Crippen LogP contribution in [0.2, 0.25) is 0 Å². The second-order valence-electron chi connectivity index (χ2n) is 8.46. The van der Waals surface area contributed by atoms with Crippen LogP contribution in [0.5, 0.6) is 0 Å². The summed E-state index contributed by atoms with van der Waals surface area (Å²) in [6.45, 7) is 0. The number of aliphatic carboxylic acids is 1. The number of thiophene rings is 1. The molecule has 3 aliphatic rings. The van der Waals surface area contributed by atoms with Crippen LogP contribution in [0.25, 0.3) is 0 Å². The number of fused-ring (bicyclic) bond motifs is 1. The summed E-state index contributed by atoms with van der Waals surface area (Å²) in [5.41, 5.74) is -1.12. The summed E-state index contributed by atoms with van der Waals surface area (Å²) in [4.78, 5) is 42.4. The fourth-order valence-corrected chi connectivity index (χ4v) is 6.45. The highest BCUT2D eigenvalue weighted by Crippen LogP contribution is 2.54. The van der Waals surface area contributed by atoms with Gasteiger partial charge in [-0.05, 0) is 29.9 Å². The maximum absolute atomic E-state index is 13.7. The van der Waals surface area contributed by atoms with E-state index < -0.39 is 29.4 Å². The summed E-state index contributed by atoms with van der Waals surface area (Å²) >= 11 is 1.48. The van der Waals surface area contributed by atoms with Crippen molar-refractivity contribution in [1.29, 1.82) is 0 Å². The Balaban J connectivity index is 1.66. The lowest BCUT2D eigenvalue weighted by Crippen LogP contribution is -2.54. The van der Waals surface area contributed by atoms with E-state index in [2.05, 4.69) is 5.32 Å². The van der Waals surface area contributed by atoms with Crippen LogP contribution in [0.3, 0.4) is 0 Å². The maximum atomic E-state index is 13.7. The van der Waals surface area contributed by atoms with Crippen molar-refractivity contribution < 1.29 is 19.5 Å². The molecule has 1 saturated carbocycles. The first-order chi connectivity index (χ1) is 14.6. The summed E-state index contributed by atoms with van der Waals surface area (Å²) in [5.74, 6) is -3.35. The van der Waals surface area contributed by atoms with E-state index in [1.165, 1.54) is 16.2 Å². The summed E-state index contributed by atoms with van der Waals surface area (Å²) in [6.07, 6.45) is 4.71. The maximum Gasteiger partial charge on any atom is 0.329 e. The topological polar surface area (TPSA) is 86.7 Å². The first kappa shape index (κ1) is 19.5. The number of carboxylic acids is 1. The molecule has 0 spiro atoms. The number of imide groups is 1. The first-order valence-electron chi connectivity index (χ1n) is 10.5. The van der Waals surface area contributed by atoms with Crippen LogP contribution in [0.1, 0.15) is 48.6 Å². The molecule has 0 bridgehead atoms. The van der Waals surface area contributed by atoms with Crippen molar-refractivity contribution in [2.24, 2.45) is 11.8 Å². The normalized spacial score (nSPS) is 31.9. The standard InChI is InChI=1S/C23H24N2O4S/c26-20-17-18(21(27)25(20)15-10-5-2-6-11-15)23(22(28)29,14-8-3-1-4-9-14)24-19(17)16-12-7-13-30-16/h1,3-4,7-9,12-13,15,17-19,24H,2,5-6,10-11H2,(H,28,29). The number of carbonyl (C=O) groups excluding carboxylic acids is 2. The van der Waals surface area contributed by atoms with Gasteiger partial charge in [0.1, 0.15) is 0 Å².